The lowest BCUT2D eigenvalue weighted by Crippen LogP contribution is -2.28. The molecule has 1 aliphatic carbocycles. The van der Waals surface area contributed by atoms with E-state index in [1.54, 1.807) is 0 Å². The number of anilines is 1. The van der Waals surface area contributed by atoms with Crippen LogP contribution in [0, 0.1) is 5.92 Å². The highest BCUT2D eigenvalue weighted by molar-refractivity contribution is 5.90. The van der Waals surface area contributed by atoms with Crippen molar-refractivity contribution < 1.29 is 4.79 Å². The minimum atomic E-state index is 0.122. The highest BCUT2D eigenvalue weighted by Gasteiger charge is 2.20. The number of hydrogen-bond donors (Lipinski definition) is 2. The Morgan fingerprint density at radius 1 is 1.18 bits per heavy atom. The molecule has 0 atom stereocenters. The third kappa shape index (κ3) is 3.86. The third-order valence-electron chi connectivity index (χ3n) is 3.42. The molecule has 1 fully saturated rings. The molecule has 0 saturated heterocycles. The normalized spacial score (nSPS) is 24.3. The molecule has 0 aliphatic heterocycles. The van der Waals surface area contributed by atoms with E-state index in [4.69, 9.17) is 5.73 Å². The summed E-state index contributed by atoms with van der Waals surface area (Å²) in [6, 6.07) is 9.97. The molecule has 0 aromatic heterocycles. The van der Waals surface area contributed by atoms with Crippen LogP contribution in [0.4, 0.5) is 5.69 Å². The number of carbonyl (C=O) groups is 1. The van der Waals surface area contributed by atoms with E-state index in [-0.39, 0.29) is 5.91 Å². The van der Waals surface area contributed by atoms with E-state index in [9.17, 15) is 4.79 Å². The highest BCUT2D eigenvalue weighted by Crippen LogP contribution is 2.26. The van der Waals surface area contributed by atoms with Gasteiger partial charge in [-0.25, -0.2) is 0 Å². The number of rotatable bonds is 3. The molecule has 1 aromatic rings. The number of para-hydroxylation sites is 1. The minimum Gasteiger partial charge on any atom is -0.328 e. The molecule has 2 rings (SSSR count). The first-order valence-corrected chi connectivity index (χ1v) is 6.34. The van der Waals surface area contributed by atoms with E-state index in [0.29, 0.717) is 18.4 Å². The van der Waals surface area contributed by atoms with Crippen molar-refractivity contribution in [2.24, 2.45) is 11.7 Å². The molecule has 1 saturated carbocycles. The molecular weight excluding hydrogens is 212 g/mol. The van der Waals surface area contributed by atoms with Crippen LogP contribution in [0.25, 0.3) is 0 Å². The number of hydrogen-bond acceptors (Lipinski definition) is 2. The number of benzene rings is 1. The smallest absolute Gasteiger partial charge is 0.224 e. The molecule has 92 valence electrons. The van der Waals surface area contributed by atoms with Crippen LogP contribution in [-0.2, 0) is 4.79 Å². The van der Waals surface area contributed by atoms with Crippen LogP contribution in [0.3, 0.4) is 0 Å². The van der Waals surface area contributed by atoms with Crippen LogP contribution in [0.1, 0.15) is 32.1 Å². The molecule has 3 N–H and O–H groups in total. The van der Waals surface area contributed by atoms with Crippen molar-refractivity contribution in [3.63, 3.8) is 0 Å². The number of carbonyl (C=O) groups excluding carboxylic acids is 1. The maximum atomic E-state index is 11.8. The van der Waals surface area contributed by atoms with E-state index in [2.05, 4.69) is 5.32 Å². The third-order valence-corrected chi connectivity index (χ3v) is 3.42. The van der Waals surface area contributed by atoms with Crippen molar-refractivity contribution in [1.82, 2.24) is 0 Å². The second-order valence-corrected chi connectivity index (χ2v) is 4.90. The van der Waals surface area contributed by atoms with Crippen LogP contribution in [0.15, 0.2) is 30.3 Å². The van der Waals surface area contributed by atoms with E-state index in [1.807, 2.05) is 30.3 Å². The van der Waals surface area contributed by atoms with Crippen molar-refractivity contribution >= 4 is 11.6 Å². The zero-order chi connectivity index (χ0) is 12.1. The maximum Gasteiger partial charge on any atom is 0.224 e. The predicted molar refractivity (Wildman–Crippen MR) is 69.6 cm³/mol. The summed E-state index contributed by atoms with van der Waals surface area (Å²) in [4.78, 5) is 11.8. The quantitative estimate of drug-likeness (QED) is 0.841. The van der Waals surface area contributed by atoms with Crippen LogP contribution in [0.5, 0.6) is 0 Å². The summed E-state index contributed by atoms with van der Waals surface area (Å²) in [5, 5.41) is 2.93. The fourth-order valence-corrected chi connectivity index (χ4v) is 2.39. The minimum absolute atomic E-state index is 0.122. The molecular formula is C14H20N2O. The standard InChI is InChI=1S/C14H20N2O/c15-12-8-6-11(7-9-12)10-14(17)16-13-4-2-1-3-5-13/h1-5,11-12H,6-10,15H2,(H,16,17). The zero-order valence-corrected chi connectivity index (χ0v) is 10.1. The molecule has 0 radical (unpaired) electrons. The highest BCUT2D eigenvalue weighted by atomic mass is 16.1. The van der Waals surface area contributed by atoms with Crippen molar-refractivity contribution in [3.8, 4) is 0 Å². The van der Waals surface area contributed by atoms with Gasteiger partial charge >= 0.3 is 0 Å². The van der Waals surface area contributed by atoms with Gasteiger partial charge in [-0.15, -0.1) is 0 Å². The molecule has 0 heterocycles. The van der Waals surface area contributed by atoms with E-state index in [1.165, 1.54) is 0 Å². The van der Waals surface area contributed by atoms with Crippen LogP contribution in [0.2, 0.25) is 0 Å². The van der Waals surface area contributed by atoms with Gasteiger partial charge in [0.05, 0.1) is 0 Å². The molecule has 0 spiro atoms. The summed E-state index contributed by atoms with van der Waals surface area (Å²) in [6.07, 6.45) is 4.92. The number of nitrogens with one attached hydrogen (secondary N) is 1. The van der Waals surface area contributed by atoms with Crippen molar-refractivity contribution in [2.75, 3.05) is 5.32 Å². The van der Waals surface area contributed by atoms with Gasteiger partial charge in [0, 0.05) is 18.2 Å². The van der Waals surface area contributed by atoms with Crippen molar-refractivity contribution in [3.05, 3.63) is 30.3 Å². The van der Waals surface area contributed by atoms with Crippen LogP contribution in [-0.4, -0.2) is 11.9 Å². The SMILES string of the molecule is NC1CCC(CC(=O)Nc2ccccc2)CC1. The lowest BCUT2D eigenvalue weighted by Gasteiger charge is -2.25. The predicted octanol–water partition coefficient (Wildman–Crippen LogP) is 2.53. The Balaban J connectivity index is 1.78. The topological polar surface area (TPSA) is 55.1 Å². The average molecular weight is 232 g/mol. The Morgan fingerprint density at radius 2 is 1.82 bits per heavy atom. The van der Waals surface area contributed by atoms with E-state index < -0.39 is 0 Å². The second-order valence-electron chi connectivity index (χ2n) is 4.90. The molecule has 0 bridgehead atoms. The lowest BCUT2D eigenvalue weighted by atomic mass is 9.84. The second kappa shape index (κ2) is 5.82. The first-order valence-electron chi connectivity index (χ1n) is 6.34. The summed E-state index contributed by atoms with van der Waals surface area (Å²) >= 11 is 0. The number of nitrogens with two attached hydrogens (primary N) is 1. The van der Waals surface area contributed by atoms with Crippen molar-refractivity contribution in [1.29, 1.82) is 0 Å². The maximum absolute atomic E-state index is 11.8. The van der Waals surface area contributed by atoms with Gasteiger partial charge in [-0.3, -0.25) is 4.79 Å². The van der Waals surface area contributed by atoms with E-state index in [0.717, 1.165) is 31.4 Å². The van der Waals surface area contributed by atoms with Crippen LogP contribution >= 0.6 is 0 Å². The summed E-state index contributed by atoms with van der Waals surface area (Å²) in [5.41, 5.74) is 6.73. The molecule has 17 heavy (non-hydrogen) atoms. The summed E-state index contributed by atoms with van der Waals surface area (Å²) in [6.45, 7) is 0. The zero-order valence-electron chi connectivity index (χ0n) is 10.1. The molecule has 0 unspecified atom stereocenters. The molecule has 1 amide bonds. The van der Waals surface area contributed by atoms with Gasteiger partial charge in [-0.2, -0.15) is 0 Å². The first kappa shape index (κ1) is 12.1. The summed E-state index contributed by atoms with van der Waals surface area (Å²) < 4.78 is 0. The van der Waals surface area contributed by atoms with Gasteiger partial charge in [0.1, 0.15) is 0 Å². The molecule has 3 nitrogen and oxygen atoms in total. The van der Waals surface area contributed by atoms with E-state index >= 15 is 0 Å². The Hall–Kier alpha value is -1.35. The summed E-state index contributed by atoms with van der Waals surface area (Å²) in [7, 11) is 0. The van der Waals surface area contributed by atoms with Gasteiger partial charge in [-0.05, 0) is 43.7 Å². The first-order chi connectivity index (χ1) is 8.24. The largest absolute Gasteiger partial charge is 0.328 e. The number of amides is 1. The fraction of sp³-hybridized carbons (Fsp3) is 0.500. The van der Waals surface area contributed by atoms with Gasteiger partial charge < -0.3 is 11.1 Å². The van der Waals surface area contributed by atoms with Gasteiger partial charge in [0.15, 0.2) is 0 Å². The molecule has 1 aliphatic rings. The lowest BCUT2D eigenvalue weighted by molar-refractivity contribution is -0.117. The Morgan fingerprint density at radius 3 is 2.47 bits per heavy atom. The van der Waals surface area contributed by atoms with Gasteiger partial charge in [-0.1, -0.05) is 18.2 Å². The Bertz CT molecular complexity index is 356. The monoisotopic (exact) mass is 232 g/mol. The molecule has 3 heteroatoms. The summed E-state index contributed by atoms with van der Waals surface area (Å²) in [5.74, 6) is 0.634. The Kier molecular flexibility index (Phi) is 4.15. The Labute approximate surface area is 102 Å². The van der Waals surface area contributed by atoms with Crippen LogP contribution < -0.4 is 11.1 Å². The average Bonchev–Trinajstić information content (AvgIpc) is 2.33. The van der Waals surface area contributed by atoms with Gasteiger partial charge in [0.25, 0.3) is 0 Å². The van der Waals surface area contributed by atoms with Gasteiger partial charge in [0.2, 0.25) is 5.91 Å². The molecule has 1 aromatic carbocycles. The van der Waals surface area contributed by atoms with Crippen molar-refractivity contribution in [2.45, 2.75) is 38.1 Å². The fourth-order valence-electron chi connectivity index (χ4n) is 2.39.